The maximum Gasteiger partial charge on any atom is 3.00 e. The molecule has 0 rings (SSSR count). The topological polar surface area (TPSA) is 242 Å². The predicted octanol–water partition coefficient (Wildman–Crippen LogP) is -4.68. The fourth-order valence-corrected chi connectivity index (χ4v) is 0. The van der Waals surface area contributed by atoms with E-state index in [9.17, 15) is 0 Å². The summed E-state index contributed by atoms with van der Waals surface area (Å²) in [5.74, 6) is 0. The van der Waals surface area contributed by atoms with Crippen molar-refractivity contribution in [2.24, 2.45) is 0 Å². The second-order valence-corrected chi connectivity index (χ2v) is 4.42. The van der Waals surface area contributed by atoms with E-state index in [0.29, 0.717) is 0 Å². The van der Waals surface area contributed by atoms with E-state index < -0.39 is 23.5 Å². The van der Waals surface area contributed by atoms with Gasteiger partial charge in [-0.2, -0.15) is 0 Å². The fraction of sp³-hybridized carbons (Fsp3) is 0. The first-order chi connectivity index (χ1) is 6.00. The first-order valence-electron chi connectivity index (χ1n) is 2.30. The van der Waals surface area contributed by atoms with Crippen molar-refractivity contribution in [1.29, 1.82) is 0 Å². The van der Waals surface area contributed by atoms with Gasteiger partial charge in [-0.1, -0.05) is 0 Å². The zero-order valence-electron chi connectivity index (χ0n) is 6.74. The Morgan fingerprint density at radius 1 is 0.562 bits per heavy atom. The zero-order valence-corrected chi connectivity index (χ0v) is 11.1. The summed E-state index contributed by atoms with van der Waals surface area (Å²) in [5.41, 5.74) is 0. The van der Waals surface area contributed by atoms with Crippen LogP contribution in [-0.4, -0.2) is 29.4 Å². The molecule has 0 aromatic heterocycles. The molecule has 107 valence electrons. The van der Waals surface area contributed by atoms with Gasteiger partial charge in [-0.15, -0.1) is 0 Å². The van der Waals surface area contributed by atoms with Gasteiger partial charge in [0, 0.05) is 0 Å². The van der Waals surface area contributed by atoms with Crippen molar-refractivity contribution < 1.29 is 105 Å². The molecule has 0 spiro atoms. The average molecular weight is 464 g/mol. The predicted molar refractivity (Wildman–Crippen MR) is 36.1 cm³/mol. The molecule has 0 saturated carbocycles. The van der Waals surface area contributed by atoms with Gasteiger partial charge in [0.05, 0.1) is 0 Å². The van der Waals surface area contributed by atoms with Crippen LogP contribution in [-0.2, 0) is 13.7 Å². The summed E-state index contributed by atoms with van der Waals surface area (Å²) in [6.45, 7) is 0. The van der Waals surface area contributed by atoms with Gasteiger partial charge >= 0.3 is 46.9 Å². The Morgan fingerprint density at radius 2 is 0.562 bits per heavy atom. The molecule has 0 aromatic carbocycles. The SMILES string of the molecule is O=P([O-])(O)O.O=P([O-])(O)O.O=P([O-])(O)O.[Yb+3]. The molecule has 0 aromatic rings. The summed E-state index contributed by atoms with van der Waals surface area (Å²) in [6.07, 6.45) is 0. The maximum atomic E-state index is 8.77. The van der Waals surface area contributed by atoms with Crippen molar-refractivity contribution in [2.75, 3.05) is 0 Å². The molecule has 0 aliphatic carbocycles. The molecule has 0 aliphatic heterocycles. The van der Waals surface area contributed by atoms with Crippen molar-refractivity contribution >= 4 is 23.5 Å². The maximum absolute atomic E-state index is 8.77. The Hall–Kier alpha value is 1.85. The van der Waals surface area contributed by atoms with Gasteiger partial charge in [-0.25, -0.2) is 0 Å². The summed E-state index contributed by atoms with van der Waals surface area (Å²) >= 11 is 0. The van der Waals surface area contributed by atoms with Gasteiger partial charge in [0.2, 0.25) is 0 Å². The number of hydrogen-bond acceptors (Lipinski definition) is 6. The normalized spacial score (nSPS) is 11.1. The van der Waals surface area contributed by atoms with Crippen molar-refractivity contribution in [1.82, 2.24) is 0 Å². The molecular weight excluding hydrogens is 458 g/mol. The van der Waals surface area contributed by atoms with E-state index in [4.69, 9.17) is 57.7 Å². The first-order valence-corrected chi connectivity index (χ1v) is 6.89. The van der Waals surface area contributed by atoms with Crippen LogP contribution in [0.2, 0.25) is 0 Å². The van der Waals surface area contributed by atoms with Gasteiger partial charge < -0.3 is 44.0 Å². The van der Waals surface area contributed by atoms with E-state index in [-0.39, 0.29) is 46.9 Å². The van der Waals surface area contributed by atoms with Gasteiger partial charge in [0.1, 0.15) is 0 Å². The molecule has 16 heavy (non-hydrogen) atoms. The minimum Gasteiger partial charge on any atom is -0.756 e. The second-order valence-electron chi connectivity index (χ2n) is 1.47. The Morgan fingerprint density at radius 3 is 0.562 bits per heavy atom. The molecule has 0 fully saturated rings. The molecule has 0 atom stereocenters. The van der Waals surface area contributed by atoms with Crippen LogP contribution < -0.4 is 14.7 Å². The molecule has 12 nitrogen and oxygen atoms in total. The molecule has 16 heteroatoms. The molecule has 0 unspecified atom stereocenters. The van der Waals surface area contributed by atoms with E-state index in [2.05, 4.69) is 0 Å². The van der Waals surface area contributed by atoms with Crippen LogP contribution in [0.4, 0.5) is 0 Å². The third-order valence-electron chi connectivity index (χ3n) is 0. The van der Waals surface area contributed by atoms with Gasteiger partial charge in [0.25, 0.3) is 23.5 Å². The van der Waals surface area contributed by atoms with Crippen LogP contribution in [0.25, 0.3) is 0 Å². The van der Waals surface area contributed by atoms with Crippen LogP contribution in [0, 0.1) is 46.9 Å². The number of phosphoric acid groups is 3. The molecule has 0 bridgehead atoms. The largest absolute Gasteiger partial charge is 3.00 e. The minimum absolute atomic E-state index is 0. The molecule has 6 N–H and O–H groups in total. The molecule has 0 amide bonds. The van der Waals surface area contributed by atoms with E-state index >= 15 is 0 Å². The Kier molecular flexibility index (Phi) is 17.7. The third-order valence-corrected chi connectivity index (χ3v) is 0. The minimum atomic E-state index is -4.89. The Labute approximate surface area is 127 Å². The second kappa shape index (κ2) is 10.7. The van der Waals surface area contributed by atoms with Crippen LogP contribution in [0.1, 0.15) is 0 Å². The standard InChI is InChI=1S/3H3O4P.Yb/c3*1-5(2,3)4;/h3*(H3,1,2,3,4);/q;;;+3/p-3. The monoisotopic (exact) mass is 465 g/mol. The summed E-state index contributed by atoms with van der Waals surface area (Å²) in [4.78, 5) is 68.8. The van der Waals surface area contributed by atoms with E-state index in [0.717, 1.165) is 0 Å². The summed E-state index contributed by atoms with van der Waals surface area (Å²) in [7, 11) is -14.7. The van der Waals surface area contributed by atoms with Gasteiger partial charge in [-0.3, -0.25) is 13.7 Å². The first kappa shape index (κ1) is 26.4. The Balaban J connectivity index is -0.0000000655. The fourth-order valence-electron chi connectivity index (χ4n) is 0. The van der Waals surface area contributed by atoms with E-state index in [1.807, 2.05) is 0 Å². The average Bonchev–Trinajstić information content (AvgIpc) is 1.41. The zero-order chi connectivity index (χ0) is 13.5. The number of hydrogen-bond donors (Lipinski definition) is 6. The van der Waals surface area contributed by atoms with E-state index in [1.165, 1.54) is 0 Å². The molecule has 0 aliphatic rings. The van der Waals surface area contributed by atoms with Crippen LogP contribution in [0.5, 0.6) is 0 Å². The summed E-state index contributed by atoms with van der Waals surface area (Å²) in [5, 5.41) is 0. The Bertz CT molecular complexity index is 202. The molecule has 1 radical (unpaired) electrons. The quantitative estimate of drug-likeness (QED) is 0.185. The van der Waals surface area contributed by atoms with Crippen LogP contribution in [0.3, 0.4) is 0 Å². The number of rotatable bonds is 0. The van der Waals surface area contributed by atoms with Gasteiger partial charge in [-0.05, 0) is 0 Å². The van der Waals surface area contributed by atoms with Crippen molar-refractivity contribution in [3.63, 3.8) is 0 Å². The smallest absolute Gasteiger partial charge is 0.756 e. The molecular formula is H6O12P3Yb. The summed E-state index contributed by atoms with van der Waals surface area (Å²) < 4.78 is 26.3. The molecule has 0 heterocycles. The van der Waals surface area contributed by atoms with Crippen molar-refractivity contribution in [2.45, 2.75) is 0 Å². The van der Waals surface area contributed by atoms with Crippen molar-refractivity contribution in [3.8, 4) is 0 Å². The third kappa shape index (κ3) is 1020. The van der Waals surface area contributed by atoms with Crippen LogP contribution >= 0.6 is 23.5 Å². The van der Waals surface area contributed by atoms with Gasteiger partial charge in [0.15, 0.2) is 0 Å². The van der Waals surface area contributed by atoms with Crippen LogP contribution in [0.15, 0.2) is 0 Å². The van der Waals surface area contributed by atoms with Crippen molar-refractivity contribution in [3.05, 3.63) is 0 Å². The van der Waals surface area contributed by atoms with E-state index in [1.54, 1.807) is 0 Å². The molecule has 0 saturated heterocycles. The summed E-state index contributed by atoms with van der Waals surface area (Å²) in [6, 6.07) is 0.